The molecule has 1 fully saturated rings. The highest BCUT2D eigenvalue weighted by Crippen LogP contribution is 2.55. The van der Waals surface area contributed by atoms with E-state index in [1.807, 2.05) is 0 Å². The summed E-state index contributed by atoms with van der Waals surface area (Å²) in [6, 6.07) is 98.5. The van der Waals surface area contributed by atoms with Crippen LogP contribution in [0.25, 0.3) is 55.6 Å². The first kappa shape index (κ1) is 50.3. The molecule has 11 aromatic rings. The van der Waals surface area contributed by atoms with Crippen molar-refractivity contribution in [3.8, 4) is 55.6 Å². The molecule has 81 heavy (non-hydrogen) atoms. The summed E-state index contributed by atoms with van der Waals surface area (Å²) in [5, 5.41) is 0. The zero-order valence-corrected chi connectivity index (χ0v) is 46.7. The molecular weight excluding hydrogens is 977 g/mol. The third-order valence-corrected chi connectivity index (χ3v) is 18.0. The van der Waals surface area contributed by atoms with E-state index in [1.54, 1.807) is 0 Å². The van der Waals surface area contributed by atoms with E-state index in [-0.39, 0.29) is 5.41 Å². The van der Waals surface area contributed by atoms with E-state index in [1.165, 1.54) is 155 Å². The Morgan fingerprint density at radius 1 is 0.321 bits per heavy atom. The number of aryl methyl sites for hydroxylation is 4. The van der Waals surface area contributed by atoms with Crippen molar-refractivity contribution in [2.75, 3.05) is 9.80 Å². The van der Waals surface area contributed by atoms with Crippen molar-refractivity contribution in [3.05, 3.63) is 300 Å². The molecule has 17 rings (SSSR count). The maximum Gasteiger partial charge on any atom is 0.0496 e. The standard InChI is InChI=1S/C79H68N2/c1-79(2)73-34-19-18-31-71(73)78-72(61-27-14-6-15-28-61)53-68(54-74(78)79)81(67-49-45-64(46-50-67)77-69(59-23-10-4-11-24-59)32-20-33-70(77)60-25-12-5-13-26-60)76-52-56-36-40-62-39-35-55(37-41-63(76)42-38-56)51-75(62)80(65-29-16-7-17-30-65)66-47-43-58(44-48-66)57-21-8-3-9-22-57/h4-7,10-20,23-35,38-39,42-54,57H,3,8-9,21-22,36-37,40-41H2,1-2H3. The van der Waals surface area contributed by atoms with Crippen LogP contribution in [0.3, 0.4) is 0 Å². The van der Waals surface area contributed by atoms with Gasteiger partial charge in [0, 0.05) is 39.5 Å². The molecule has 2 nitrogen and oxygen atoms in total. The van der Waals surface area contributed by atoms with Crippen LogP contribution in [0.1, 0.15) is 90.8 Å². The lowest BCUT2D eigenvalue weighted by molar-refractivity contribution is 0.443. The minimum Gasteiger partial charge on any atom is -0.310 e. The fourth-order valence-corrected chi connectivity index (χ4v) is 13.8. The Kier molecular flexibility index (Phi) is 13.4. The normalized spacial score (nSPS) is 14.4. The van der Waals surface area contributed by atoms with Gasteiger partial charge in [-0.1, -0.05) is 233 Å². The van der Waals surface area contributed by atoms with Crippen LogP contribution in [0.15, 0.2) is 261 Å². The molecule has 2 heteroatoms. The molecule has 6 aliphatic carbocycles. The summed E-state index contributed by atoms with van der Waals surface area (Å²) in [5.41, 5.74) is 29.0. The molecule has 4 bridgehead atoms. The van der Waals surface area contributed by atoms with Crippen LogP contribution in [-0.2, 0) is 31.1 Å². The molecule has 0 unspecified atom stereocenters. The van der Waals surface area contributed by atoms with Crippen LogP contribution in [-0.4, -0.2) is 0 Å². The lowest BCUT2D eigenvalue weighted by Gasteiger charge is -2.32. The van der Waals surface area contributed by atoms with Gasteiger partial charge in [0.05, 0.1) is 0 Å². The van der Waals surface area contributed by atoms with Crippen molar-refractivity contribution in [3.63, 3.8) is 0 Å². The Morgan fingerprint density at radius 3 is 1.36 bits per heavy atom. The molecule has 0 heterocycles. The smallest absolute Gasteiger partial charge is 0.0496 e. The summed E-state index contributed by atoms with van der Waals surface area (Å²) in [6.45, 7) is 4.83. The molecule has 0 saturated heterocycles. The molecule has 394 valence electrons. The Balaban J connectivity index is 0.913. The van der Waals surface area contributed by atoms with E-state index in [0.717, 1.165) is 31.4 Å². The van der Waals surface area contributed by atoms with E-state index in [0.29, 0.717) is 5.92 Å². The van der Waals surface area contributed by atoms with Crippen molar-refractivity contribution in [1.29, 1.82) is 0 Å². The summed E-state index contributed by atoms with van der Waals surface area (Å²) in [7, 11) is 0. The van der Waals surface area contributed by atoms with Crippen molar-refractivity contribution >= 4 is 34.1 Å². The number of anilines is 6. The van der Waals surface area contributed by atoms with Gasteiger partial charge in [-0.05, 0) is 200 Å². The molecule has 0 atom stereocenters. The van der Waals surface area contributed by atoms with Crippen molar-refractivity contribution in [1.82, 2.24) is 0 Å². The highest BCUT2D eigenvalue weighted by atomic mass is 15.2. The minimum absolute atomic E-state index is 0.216. The van der Waals surface area contributed by atoms with E-state index < -0.39 is 0 Å². The van der Waals surface area contributed by atoms with Crippen molar-refractivity contribution < 1.29 is 0 Å². The number of benzene rings is 11. The highest BCUT2D eigenvalue weighted by molar-refractivity contribution is 5.98. The largest absolute Gasteiger partial charge is 0.310 e. The first-order valence-corrected chi connectivity index (χ1v) is 29.6. The number of rotatable bonds is 11. The van der Waals surface area contributed by atoms with Crippen molar-refractivity contribution in [2.24, 2.45) is 0 Å². The fourth-order valence-electron chi connectivity index (χ4n) is 13.8. The number of hydrogen-bond acceptors (Lipinski definition) is 2. The molecule has 11 aromatic carbocycles. The fraction of sp³-hybridized carbons (Fsp3) is 0.165. The minimum atomic E-state index is -0.216. The average Bonchev–Trinajstić information content (AvgIpc) is 3.13. The molecule has 0 spiro atoms. The molecule has 0 amide bonds. The SMILES string of the molecule is CC1(C)c2ccccc2-c2c(-c3ccccc3)cc(N(c3ccc(-c4c(-c5ccccc5)cccc4-c4ccccc4)cc3)c3cc4ccc3CCc3ccc(c(N(c5ccccc5)c5ccc(C6CCCCC6)cc5)c3)CC4)cc21. The maximum atomic E-state index is 2.60. The average molecular weight is 1050 g/mol. The molecule has 6 aliphatic rings. The predicted molar refractivity (Wildman–Crippen MR) is 342 cm³/mol. The van der Waals surface area contributed by atoms with Gasteiger partial charge in [-0.25, -0.2) is 0 Å². The Morgan fingerprint density at radius 2 is 0.790 bits per heavy atom. The zero-order valence-electron chi connectivity index (χ0n) is 46.7. The van der Waals surface area contributed by atoms with Gasteiger partial charge in [0.2, 0.25) is 0 Å². The first-order valence-electron chi connectivity index (χ1n) is 29.6. The topological polar surface area (TPSA) is 6.48 Å². The van der Waals surface area contributed by atoms with Crippen LogP contribution in [0.4, 0.5) is 34.1 Å². The summed E-state index contributed by atoms with van der Waals surface area (Å²) in [5.74, 6) is 0.668. The molecule has 0 N–H and O–H groups in total. The van der Waals surface area contributed by atoms with Crippen LogP contribution in [0, 0.1) is 0 Å². The zero-order chi connectivity index (χ0) is 54.3. The van der Waals surface area contributed by atoms with Gasteiger partial charge in [-0.2, -0.15) is 0 Å². The van der Waals surface area contributed by atoms with E-state index >= 15 is 0 Å². The summed E-state index contributed by atoms with van der Waals surface area (Å²) < 4.78 is 0. The van der Waals surface area contributed by atoms with Gasteiger partial charge in [0.25, 0.3) is 0 Å². The molecule has 0 radical (unpaired) electrons. The molecular formula is C79H68N2. The maximum absolute atomic E-state index is 2.60. The van der Waals surface area contributed by atoms with Crippen LogP contribution >= 0.6 is 0 Å². The van der Waals surface area contributed by atoms with Crippen molar-refractivity contribution in [2.45, 2.75) is 83.0 Å². The second-order valence-corrected chi connectivity index (χ2v) is 23.3. The van der Waals surface area contributed by atoms with Crippen LogP contribution in [0.5, 0.6) is 0 Å². The van der Waals surface area contributed by atoms with Gasteiger partial charge >= 0.3 is 0 Å². The highest BCUT2D eigenvalue weighted by Gasteiger charge is 2.38. The number of para-hydroxylation sites is 1. The van der Waals surface area contributed by atoms with Gasteiger partial charge in [-0.3, -0.25) is 0 Å². The first-order chi connectivity index (χ1) is 39.9. The van der Waals surface area contributed by atoms with E-state index in [4.69, 9.17) is 0 Å². The number of fused-ring (bicyclic) bond motifs is 3. The Hall–Kier alpha value is -8.98. The van der Waals surface area contributed by atoms with Gasteiger partial charge in [0.1, 0.15) is 0 Å². The molecule has 0 aromatic heterocycles. The molecule has 0 aliphatic heterocycles. The lowest BCUT2D eigenvalue weighted by atomic mass is 9.81. The summed E-state index contributed by atoms with van der Waals surface area (Å²) in [4.78, 5) is 5.12. The van der Waals surface area contributed by atoms with Crippen LogP contribution in [0.2, 0.25) is 0 Å². The quantitative estimate of drug-likeness (QED) is 0.127. The Bertz CT molecular complexity index is 3970. The van der Waals surface area contributed by atoms with E-state index in [9.17, 15) is 0 Å². The number of hydrogen-bond donors (Lipinski definition) is 0. The second kappa shape index (κ2) is 21.6. The predicted octanol–water partition coefficient (Wildman–Crippen LogP) is 21.5. The summed E-state index contributed by atoms with van der Waals surface area (Å²) in [6.07, 6.45) is 10.2. The van der Waals surface area contributed by atoms with Crippen LogP contribution < -0.4 is 9.80 Å². The van der Waals surface area contributed by atoms with Gasteiger partial charge < -0.3 is 9.80 Å². The lowest BCUT2D eigenvalue weighted by Crippen LogP contribution is -2.18. The third kappa shape index (κ3) is 9.57. The molecule has 1 saturated carbocycles. The summed E-state index contributed by atoms with van der Waals surface area (Å²) >= 11 is 0. The Labute approximate surface area is 479 Å². The monoisotopic (exact) mass is 1040 g/mol. The van der Waals surface area contributed by atoms with E-state index in [2.05, 4.69) is 285 Å². The second-order valence-electron chi connectivity index (χ2n) is 23.3. The van der Waals surface area contributed by atoms with Gasteiger partial charge in [-0.15, -0.1) is 0 Å². The van der Waals surface area contributed by atoms with Gasteiger partial charge in [0.15, 0.2) is 0 Å². The third-order valence-electron chi connectivity index (χ3n) is 18.0. The number of nitrogens with zero attached hydrogens (tertiary/aromatic N) is 2.